The maximum absolute atomic E-state index is 13.8. The van der Waals surface area contributed by atoms with Crippen LogP contribution in [0.25, 0.3) is 0 Å². The summed E-state index contributed by atoms with van der Waals surface area (Å²) in [6, 6.07) is 3.08. The monoisotopic (exact) mass is 344 g/mol. The molecule has 0 spiro atoms. The van der Waals surface area contributed by atoms with Crippen LogP contribution in [0, 0.1) is 18.6 Å². The van der Waals surface area contributed by atoms with Crippen LogP contribution >= 0.6 is 15.9 Å². The molecule has 0 aliphatic carbocycles. The number of aromatic nitrogens is 2. The van der Waals surface area contributed by atoms with Crippen molar-refractivity contribution in [3.05, 3.63) is 51.3 Å². The van der Waals surface area contributed by atoms with Gasteiger partial charge in [0.25, 0.3) is 0 Å². The van der Waals surface area contributed by atoms with Crippen LogP contribution in [-0.2, 0) is 13.5 Å². The summed E-state index contributed by atoms with van der Waals surface area (Å²) in [5.74, 6) is 4.22. The molecule has 1 aromatic carbocycles. The van der Waals surface area contributed by atoms with Crippen LogP contribution < -0.4 is 11.3 Å². The molecule has 3 N–H and O–H groups in total. The Bertz CT molecular complexity index is 607. The lowest BCUT2D eigenvalue weighted by atomic mass is 10.0. The number of hydrazine groups is 1. The second kappa shape index (κ2) is 5.99. The molecule has 0 amide bonds. The summed E-state index contributed by atoms with van der Waals surface area (Å²) in [5.41, 5.74) is 4.03. The molecular weight excluding hydrogens is 330 g/mol. The number of nitrogens with zero attached hydrogens (tertiary/aromatic N) is 2. The van der Waals surface area contributed by atoms with Gasteiger partial charge in [0.1, 0.15) is 11.6 Å². The van der Waals surface area contributed by atoms with Crippen LogP contribution in [0.15, 0.2) is 22.7 Å². The Balaban J connectivity index is 2.39. The Labute approximate surface area is 124 Å². The normalized spacial score (nSPS) is 12.7. The zero-order valence-electron chi connectivity index (χ0n) is 11.1. The molecule has 0 saturated carbocycles. The minimum absolute atomic E-state index is 0.0687. The third-order valence-corrected chi connectivity index (χ3v) is 4.24. The van der Waals surface area contributed by atoms with Crippen LogP contribution in [0.1, 0.15) is 23.0 Å². The van der Waals surface area contributed by atoms with Crippen molar-refractivity contribution in [2.45, 2.75) is 19.4 Å². The van der Waals surface area contributed by atoms with Gasteiger partial charge in [0.15, 0.2) is 0 Å². The molecule has 2 aromatic rings. The zero-order valence-corrected chi connectivity index (χ0v) is 12.7. The molecule has 1 aromatic heterocycles. The van der Waals surface area contributed by atoms with Gasteiger partial charge >= 0.3 is 0 Å². The van der Waals surface area contributed by atoms with Crippen LogP contribution in [0.4, 0.5) is 8.78 Å². The van der Waals surface area contributed by atoms with Gasteiger partial charge in [0, 0.05) is 19.0 Å². The molecule has 0 aliphatic rings. The third kappa shape index (κ3) is 2.74. The Morgan fingerprint density at radius 3 is 2.45 bits per heavy atom. The van der Waals surface area contributed by atoms with Crippen LogP contribution in [0.3, 0.4) is 0 Å². The smallest absolute Gasteiger partial charge is 0.130 e. The summed E-state index contributed by atoms with van der Waals surface area (Å²) < 4.78 is 30.1. The first-order valence-corrected chi connectivity index (χ1v) is 6.83. The van der Waals surface area contributed by atoms with E-state index in [1.54, 1.807) is 11.7 Å². The summed E-state index contributed by atoms with van der Waals surface area (Å²) in [5, 5.41) is 4.25. The van der Waals surface area contributed by atoms with E-state index in [1.807, 2.05) is 6.92 Å². The van der Waals surface area contributed by atoms with Crippen molar-refractivity contribution in [2.75, 3.05) is 0 Å². The molecule has 1 heterocycles. The van der Waals surface area contributed by atoms with Gasteiger partial charge in [-0.1, -0.05) is 6.07 Å². The van der Waals surface area contributed by atoms with Crippen molar-refractivity contribution in [2.24, 2.45) is 12.9 Å². The van der Waals surface area contributed by atoms with E-state index >= 15 is 0 Å². The van der Waals surface area contributed by atoms with Gasteiger partial charge in [-0.3, -0.25) is 16.0 Å². The Morgan fingerprint density at radius 2 is 2.00 bits per heavy atom. The SMILES string of the molecule is Cc1nn(C)c(CC(NN)c2c(F)cccc2F)c1Br. The molecule has 0 fully saturated rings. The average molecular weight is 345 g/mol. The first-order valence-electron chi connectivity index (χ1n) is 6.03. The third-order valence-electron chi connectivity index (χ3n) is 3.21. The topological polar surface area (TPSA) is 55.9 Å². The number of nitrogens with one attached hydrogen (secondary N) is 1. The fourth-order valence-corrected chi connectivity index (χ4v) is 2.68. The van der Waals surface area contributed by atoms with Crippen molar-refractivity contribution < 1.29 is 8.78 Å². The highest BCUT2D eigenvalue weighted by Gasteiger charge is 2.22. The highest BCUT2D eigenvalue weighted by atomic mass is 79.9. The highest BCUT2D eigenvalue weighted by molar-refractivity contribution is 9.10. The van der Waals surface area contributed by atoms with E-state index < -0.39 is 17.7 Å². The molecule has 0 aliphatic heterocycles. The van der Waals surface area contributed by atoms with Crippen molar-refractivity contribution in [1.82, 2.24) is 15.2 Å². The predicted molar refractivity (Wildman–Crippen MR) is 75.8 cm³/mol. The van der Waals surface area contributed by atoms with E-state index in [0.717, 1.165) is 15.9 Å². The lowest BCUT2D eigenvalue weighted by molar-refractivity contribution is 0.464. The standard InChI is InChI=1S/C13H15BrF2N4/c1-7-13(14)11(20(2)19-7)6-10(18-17)12-8(15)4-3-5-9(12)16/h3-5,10,18H,6,17H2,1-2H3. The fourth-order valence-electron chi connectivity index (χ4n) is 2.18. The molecular formula is C13H15BrF2N4. The molecule has 108 valence electrons. The summed E-state index contributed by atoms with van der Waals surface area (Å²) in [7, 11) is 1.78. The lowest BCUT2D eigenvalue weighted by Crippen LogP contribution is -2.31. The Morgan fingerprint density at radius 1 is 1.40 bits per heavy atom. The van der Waals surface area contributed by atoms with Gasteiger partial charge in [0.2, 0.25) is 0 Å². The summed E-state index contributed by atoms with van der Waals surface area (Å²) >= 11 is 3.43. The molecule has 20 heavy (non-hydrogen) atoms. The maximum atomic E-state index is 13.8. The minimum Gasteiger partial charge on any atom is -0.271 e. The zero-order chi connectivity index (χ0) is 14.9. The van der Waals surface area contributed by atoms with E-state index in [2.05, 4.69) is 26.5 Å². The summed E-state index contributed by atoms with van der Waals surface area (Å²) in [6.45, 7) is 1.85. The quantitative estimate of drug-likeness (QED) is 0.661. The van der Waals surface area contributed by atoms with E-state index in [9.17, 15) is 8.78 Å². The molecule has 7 heteroatoms. The minimum atomic E-state index is -0.678. The number of benzene rings is 1. The van der Waals surface area contributed by atoms with Crippen molar-refractivity contribution >= 4 is 15.9 Å². The molecule has 1 atom stereocenters. The van der Waals surface area contributed by atoms with Crippen LogP contribution in [0.2, 0.25) is 0 Å². The molecule has 0 saturated heterocycles. The number of aryl methyl sites for hydroxylation is 2. The summed E-state index contributed by atoms with van der Waals surface area (Å²) in [4.78, 5) is 0. The van der Waals surface area contributed by atoms with E-state index in [4.69, 9.17) is 5.84 Å². The van der Waals surface area contributed by atoms with Gasteiger partial charge in [-0.2, -0.15) is 5.10 Å². The van der Waals surface area contributed by atoms with Gasteiger partial charge in [0.05, 0.1) is 21.9 Å². The van der Waals surface area contributed by atoms with E-state index in [1.165, 1.54) is 18.2 Å². The maximum Gasteiger partial charge on any atom is 0.130 e. The Kier molecular flexibility index (Phi) is 4.52. The second-order valence-corrected chi connectivity index (χ2v) is 5.32. The predicted octanol–water partition coefficient (Wildman–Crippen LogP) is 2.52. The number of halogens is 3. The number of hydrogen-bond donors (Lipinski definition) is 2. The first kappa shape index (κ1) is 15.1. The van der Waals surface area contributed by atoms with Gasteiger partial charge < -0.3 is 0 Å². The van der Waals surface area contributed by atoms with Gasteiger partial charge in [-0.25, -0.2) is 8.78 Å². The van der Waals surface area contributed by atoms with Crippen molar-refractivity contribution in [1.29, 1.82) is 0 Å². The second-order valence-electron chi connectivity index (χ2n) is 4.53. The van der Waals surface area contributed by atoms with Gasteiger partial charge in [-0.15, -0.1) is 0 Å². The molecule has 4 nitrogen and oxygen atoms in total. The van der Waals surface area contributed by atoms with Crippen molar-refractivity contribution in [3.63, 3.8) is 0 Å². The fraction of sp³-hybridized carbons (Fsp3) is 0.308. The number of hydrogen-bond acceptors (Lipinski definition) is 3. The van der Waals surface area contributed by atoms with E-state index in [-0.39, 0.29) is 5.56 Å². The first-order chi connectivity index (χ1) is 9.45. The average Bonchev–Trinajstić information content (AvgIpc) is 2.63. The van der Waals surface area contributed by atoms with Crippen molar-refractivity contribution in [3.8, 4) is 0 Å². The Hall–Kier alpha value is -1.31. The van der Waals surface area contributed by atoms with Crippen LogP contribution in [0.5, 0.6) is 0 Å². The lowest BCUT2D eigenvalue weighted by Gasteiger charge is -2.18. The number of rotatable bonds is 4. The van der Waals surface area contributed by atoms with Gasteiger partial charge in [-0.05, 0) is 35.0 Å². The molecule has 0 bridgehead atoms. The highest BCUT2D eigenvalue weighted by Crippen LogP contribution is 2.28. The molecule has 1 unspecified atom stereocenters. The molecule has 2 rings (SSSR count). The van der Waals surface area contributed by atoms with Crippen LogP contribution in [-0.4, -0.2) is 9.78 Å². The number of nitrogens with two attached hydrogens (primary N) is 1. The summed E-state index contributed by atoms with van der Waals surface area (Å²) in [6.07, 6.45) is 0.312. The van der Waals surface area contributed by atoms with E-state index in [0.29, 0.717) is 6.42 Å². The largest absolute Gasteiger partial charge is 0.271 e. The molecule has 0 radical (unpaired) electrons.